The van der Waals surface area contributed by atoms with Gasteiger partial charge >= 0.3 is 5.97 Å². The Hall–Kier alpha value is -1.32. The molecule has 0 aliphatic rings. The molecule has 0 aromatic heterocycles. The third-order valence-electron chi connectivity index (χ3n) is 5.41. The Kier molecular flexibility index (Phi) is 18.1. The van der Waals surface area contributed by atoms with Crippen LogP contribution in [0.1, 0.15) is 111 Å². The Morgan fingerprint density at radius 3 is 1.79 bits per heavy atom. The van der Waals surface area contributed by atoms with Crippen LogP contribution in [0.2, 0.25) is 0 Å². The van der Waals surface area contributed by atoms with Crippen LogP contribution in [0.4, 0.5) is 0 Å². The predicted molar refractivity (Wildman–Crippen MR) is 119 cm³/mol. The lowest BCUT2D eigenvalue weighted by Crippen LogP contribution is -2.36. The topological polar surface area (TPSA) is 57.6 Å². The van der Waals surface area contributed by atoms with E-state index < -0.39 is 5.97 Å². The molecule has 1 N–H and O–H groups in total. The molecule has 0 aliphatic carbocycles. The number of amides is 1. The minimum Gasteiger partial charge on any atom is -0.481 e. The Balaban J connectivity index is 3.77. The van der Waals surface area contributed by atoms with Crippen molar-refractivity contribution in [2.45, 2.75) is 111 Å². The van der Waals surface area contributed by atoms with Gasteiger partial charge in [-0.1, -0.05) is 70.4 Å². The Morgan fingerprint density at radius 2 is 1.29 bits per heavy atom. The second-order valence-corrected chi connectivity index (χ2v) is 7.82. The number of hydrogen-bond acceptors (Lipinski definition) is 2. The van der Waals surface area contributed by atoms with Crippen molar-refractivity contribution in [1.29, 1.82) is 0 Å². The molecule has 28 heavy (non-hydrogen) atoms. The molecule has 0 aromatic carbocycles. The number of carbonyl (C=O) groups is 2. The van der Waals surface area contributed by atoms with Crippen LogP contribution in [0.3, 0.4) is 0 Å². The highest BCUT2D eigenvalue weighted by molar-refractivity contribution is 5.83. The van der Waals surface area contributed by atoms with Crippen LogP contribution in [0, 0.1) is 5.92 Å². The van der Waals surface area contributed by atoms with Gasteiger partial charge < -0.3 is 10.0 Å². The van der Waals surface area contributed by atoms with Gasteiger partial charge in [0.05, 0.1) is 6.42 Å². The van der Waals surface area contributed by atoms with E-state index in [4.69, 9.17) is 5.11 Å². The molecule has 1 amide bonds. The summed E-state index contributed by atoms with van der Waals surface area (Å²) in [6.45, 7) is 7.44. The fourth-order valence-corrected chi connectivity index (χ4v) is 3.60. The lowest BCUT2D eigenvalue weighted by atomic mass is 9.95. The number of carboxylic acids is 1. The van der Waals surface area contributed by atoms with Crippen molar-refractivity contribution >= 4 is 11.9 Å². The van der Waals surface area contributed by atoms with E-state index >= 15 is 0 Å². The first-order valence-electron chi connectivity index (χ1n) is 11.7. The number of hydrogen-bond donors (Lipinski definition) is 1. The monoisotopic (exact) mass is 395 g/mol. The van der Waals surface area contributed by atoms with Gasteiger partial charge in [-0.05, 0) is 46.0 Å². The highest BCUT2D eigenvalue weighted by Crippen LogP contribution is 2.18. The quantitative estimate of drug-likeness (QED) is 0.198. The molecule has 0 rings (SSSR count). The Bertz CT molecular complexity index is 416. The lowest BCUT2D eigenvalue weighted by Gasteiger charge is -2.24. The maximum absolute atomic E-state index is 12.5. The molecule has 0 saturated heterocycles. The predicted octanol–water partition coefficient (Wildman–Crippen LogP) is 6.59. The summed E-state index contributed by atoms with van der Waals surface area (Å²) in [5.41, 5.74) is 0. The number of aliphatic carboxylic acids is 1. The van der Waals surface area contributed by atoms with Gasteiger partial charge in [-0.15, -0.1) is 0 Å². The van der Waals surface area contributed by atoms with Crippen molar-refractivity contribution in [3.8, 4) is 0 Å². The van der Waals surface area contributed by atoms with Crippen LogP contribution < -0.4 is 0 Å². The highest BCUT2D eigenvalue weighted by atomic mass is 16.4. The van der Waals surface area contributed by atoms with Gasteiger partial charge in [0.15, 0.2) is 0 Å². The molecule has 0 fully saturated rings. The summed E-state index contributed by atoms with van der Waals surface area (Å²) in [5, 5.41) is 9.10. The lowest BCUT2D eigenvalue weighted by molar-refractivity contribution is -0.144. The van der Waals surface area contributed by atoms with Crippen LogP contribution in [0.25, 0.3) is 0 Å². The third kappa shape index (κ3) is 14.7. The molecule has 1 unspecified atom stereocenters. The summed E-state index contributed by atoms with van der Waals surface area (Å²) in [6.07, 6.45) is 20.0. The molecule has 0 radical (unpaired) electrons. The Labute approximate surface area is 173 Å². The molecule has 0 saturated carbocycles. The van der Waals surface area contributed by atoms with E-state index in [0.717, 1.165) is 12.8 Å². The summed E-state index contributed by atoms with van der Waals surface area (Å²) in [5.74, 6) is -1.22. The first-order valence-corrected chi connectivity index (χ1v) is 11.7. The zero-order valence-electron chi connectivity index (χ0n) is 18.8. The van der Waals surface area contributed by atoms with E-state index in [9.17, 15) is 9.59 Å². The molecule has 0 bridgehead atoms. The van der Waals surface area contributed by atoms with E-state index in [-0.39, 0.29) is 18.2 Å². The molecule has 4 nitrogen and oxygen atoms in total. The number of carboxylic acid groups (broad SMARTS) is 1. The first-order chi connectivity index (χ1) is 13.6. The van der Waals surface area contributed by atoms with Gasteiger partial charge in [0.25, 0.3) is 0 Å². The maximum Gasteiger partial charge on any atom is 0.304 e. The van der Waals surface area contributed by atoms with Gasteiger partial charge in [0.2, 0.25) is 5.91 Å². The van der Waals surface area contributed by atoms with Crippen molar-refractivity contribution in [2.75, 3.05) is 13.1 Å². The Morgan fingerprint density at radius 1 is 0.786 bits per heavy atom. The summed E-state index contributed by atoms with van der Waals surface area (Å²) in [7, 11) is 0. The fraction of sp³-hybridized carbons (Fsp3) is 0.833. The van der Waals surface area contributed by atoms with Gasteiger partial charge in [0.1, 0.15) is 0 Å². The first kappa shape index (κ1) is 26.7. The summed E-state index contributed by atoms with van der Waals surface area (Å²) in [6, 6.07) is 0. The van der Waals surface area contributed by atoms with E-state index in [1.54, 1.807) is 4.90 Å². The second-order valence-electron chi connectivity index (χ2n) is 7.82. The molecule has 164 valence electrons. The number of allylic oxidation sites excluding steroid dienone is 2. The van der Waals surface area contributed by atoms with Crippen LogP contribution in [-0.2, 0) is 9.59 Å². The summed E-state index contributed by atoms with van der Waals surface area (Å²) in [4.78, 5) is 25.3. The summed E-state index contributed by atoms with van der Waals surface area (Å²) < 4.78 is 0. The average Bonchev–Trinajstić information content (AvgIpc) is 2.67. The molecule has 4 heteroatoms. The summed E-state index contributed by atoms with van der Waals surface area (Å²) >= 11 is 0. The van der Waals surface area contributed by atoms with E-state index in [2.05, 4.69) is 19.1 Å². The smallest absolute Gasteiger partial charge is 0.304 e. The number of carbonyl (C=O) groups excluding carboxylic acids is 1. The van der Waals surface area contributed by atoms with Crippen LogP contribution in [0.15, 0.2) is 12.2 Å². The zero-order chi connectivity index (χ0) is 21.0. The standard InChI is InChI=1S/C24H45NO3/c1-4-7-8-9-10-11-12-13-14-15-16-17-18-19-20-22(21-23(26)27)24(28)25(5-2)6-3/h10-11,22H,4-9,12-21H2,1-3H3,(H,26,27)/b11-10+. The SMILES string of the molecule is CCCCC/C=C/CCCCCCCCCC(CC(=O)O)C(=O)N(CC)CC. The van der Waals surface area contributed by atoms with Crippen molar-refractivity contribution in [3.05, 3.63) is 12.2 Å². The molecule has 0 spiro atoms. The number of unbranched alkanes of at least 4 members (excludes halogenated alkanes) is 10. The largest absolute Gasteiger partial charge is 0.481 e. The van der Waals surface area contributed by atoms with Crippen LogP contribution >= 0.6 is 0 Å². The van der Waals surface area contributed by atoms with Crippen molar-refractivity contribution < 1.29 is 14.7 Å². The van der Waals surface area contributed by atoms with Crippen LogP contribution in [0.5, 0.6) is 0 Å². The molecule has 0 heterocycles. The molecule has 0 aromatic rings. The third-order valence-corrected chi connectivity index (χ3v) is 5.41. The normalized spacial score (nSPS) is 12.4. The van der Waals surface area contributed by atoms with Crippen molar-refractivity contribution in [1.82, 2.24) is 4.90 Å². The zero-order valence-corrected chi connectivity index (χ0v) is 18.8. The minimum absolute atomic E-state index is 0.00940. The highest BCUT2D eigenvalue weighted by Gasteiger charge is 2.24. The number of rotatable bonds is 19. The maximum atomic E-state index is 12.5. The molecular weight excluding hydrogens is 350 g/mol. The molecule has 1 atom stereocenters. The van der Waals surface area contributed by atoms with E-state index in [0.29, 0.717) is 19.5 Å². The van der Waals surface area contributed by atoms with Gasteiger partial charge in [-0.25, -0.2) is 0 Å². The fourth-order valence-electron chi connectivity index (χ4n) is 3.60. The minimum atomic E-state index is -0.870. The van der Waals surface area contributed by atoms with Gasteiger partial charge in [0, 0.05) is 19.0 Å². The average molecular weight is 396 g/mol. The molecule has 0 aliphatic heterocycles. The van der Waals surface area contributed by atoms with E-state index in [1.165, 1.54) is 64.2 Å². The molecular formula is C24H45NO3. The van der Waals surface area contributed by atoms with Gasteiger partial charge in [-0.2, -0.15) is 0 Å². The van der Waals surface area contributed by atoms with E-state index in [1.807, 2.05) is 13.8 Å². The second kappa shape index (κ2) is 19.0. The van der Waals surface area contributed by atoms with Crippen LogP contribution in [-0.4, -0.2) is 35.0 Å². The van der Waals surface area contributed by atoms with Crippen molar-refractivity contribution in [3.63, 3.8) is 0 Å². The van der Waals surface area contributed by atoms with Crippen molar-refractivity contribution in [2.24, 2.45) is 5.92 Å². The number of nitrogens with zero attached hydrogens (tertiary/aromatic N) is 1. The van der Waals surface area contributed by atoms with Gasteiger partial charge in [-0.3, -0.25) is 9.59 Å².